The summed E-state index contributed by atoms with van der Waals surface area (Å²) in [6, 6.07) is 6.31. The third-order valence-corrected chi connectivity index (χ3v) is 8.78. The van der Waals surface area contributed by atoms with E-state index in [0.29, 0.717) is 11.6 Å². The van der Waals surface area contributed by atoms with E-state index in [1.54, 1.807) is 37.8 Å². The van der Waals surface area contributed by atoms with Crippen LogP contribution in [0.4, 0.5) is 9.18 Å². The van der Waals surface area contributed by atoms with Crippen LogP contribution in [0.15, 0.2) is 18.2 Å². The van der Waals surface area contributed by atoms with Crippen LogP contribution in [0.3, 0.4) is 0 Å². The van der Waals surface area contributed by atoms with Crippen LogP contribution in [0.25, 0.3) is 0 Å². The van der Waals surface area contributed by atoms with Crippen LogP contribution in [0.5, 0.6) is 0 Å². The molecule has 5 rings (SSSR count). The van der Waals surface area contributed by atoms with Crippen LogP contribution >= 0.6 is 0 Å². The number of likely N-dealkylation sites (tertiary alicyclic amines) is 2. The first-order chi connectivity index (χ1) is 18.6. The fourth-order valence-electron chi connectivity index (χ4n) is 6.91. The molecule has 0 radical (unpaired) electrons. The Hall–Kier alpha value is -2.70. The molecule has 4 aliphatic rings. The third-order valence-electron chi connectivity index (χ3n) is 8.78. The lowest BCUT2D eigenvalue weighted by molar-refractivity contribution is -0.128. The minimum absolute atomic E-state index is 0.0250. The summed E-state index contributed by atoms with van der Waals surface area (Å²) in [5.41, 5.74) is 0.714. The molecule has 8 nitrogen and oxygen atoms in total. The molecule has 3 saturated heterocycles. The number of ether oxygens (including phenoxy) is 2. The van der Waals surface area contributed by atoms with E-state index in [1.165, 1.54) is 0 Å². The number of nitriles is 1. The van der Waals surface area contributed by atoms with Gasteiger partial charge in [-0.15, -0.1) is 0 Å². The summed E-state index contributed by atoms with van der Waals surface area (Å²) < 4.78 is 26.4. The van der Waals surface area contributed by atoms with Gasteiger partial charge in [-0.05, 0) is 94.9 Å². The van der Waals surface area contributed by atoms with E-state index in [-0.39, 0.29) is 36.0 Å². The number of amides is 2. The van der Waals surface area contributed by atoms with Crippen molar-refractivity contribution in [2.24, 2.45) is 5.92 Å². The van der Waals surface area contributed by atoms with Gasteiger partial charge in [-0.2, -0.15) is 5.26 Å². The Labute approximate surface area is 230 Å². The summed E-state index contributed by atoms with van der Waals surface area (Å²) in [5.74, 6) is -0.400. The molecule has 1 N–H and O–H groups in total. The van der Waals surface area contributed by atoms with E-state index in [4.69, 9.17) is 9.47 Å². The van der Waals surface area contributed by atoms with Crippen LogP contribution < -0.4 is 5.32 Å². The van der Waals surface area contributed by atoms with Crippen molar-refractivity contribution in [2.45, 2.75) is 101 Å². The van der Waals surface area contributed by atoms with Crippen LogP contribution in [-0.4, -0.2) is 77.9 Å². The lowest BCUT2D eigenvalue weighted by Crippen LogP contribution is -2.55. The number of hydrogen-bond acceptors (Lipinski definition) is 6. The van der Waals surface area contributed by atoms with Gasteiger partial charge < -0.3 is 14.8 Å². The smallest absolute Gasteiger partial charge is 0.411 e. The number of nitrogens with zero attached hydrogens (tertiary/aromatic N) is 3. The highest BCUT2D eigenvalue weighted by molar-refractivity contribution is 5.87. The van der Waals surface area contributed by atoms with Crippen molar-refractivity contribution in [3.63, 3.8) is 0 Å². The van der Waals surface area contributed by atoms with Gasteiger partial charge in [0.1, 0.15) is 23.5 Å². The molecule has 6 atom stereocenters. The Kier molecular flexibility index (Phi) is 8.16. The summed E-state index contributed by atoms with van der Waals surface area (Å²) in [6.45, 7) is 8.95. The lowest BCUT2D eigenvalue weighted by Gasteiger charge is -2.36. The molecule has 39 heavy (non-hydrogen) atoms. The molecule has 3 heterocycles. The molecule has 1 saturated carbocycles. The summed E-state index contributed by atoms with van der Waals surface area (Å²) >= 11 is 0. The maximum absolute atomic E-state index is 15.3. The van der Waals surface area contributed by atoms with Gasteiger partial charge in [-0.25, -0.2) is 9.18 Å². The maximum Gasteiger partial charge on any atom is 0.411 e. The number of benzene rings is 1. The highest BCUT2D eigenvalue weighted by Gasteiger charge is 2.52. The van der Waals surface area contributed by atoms with Crippen molar-refractivity contribution < 1.29 is 23.5 Å². The average molecular weight is 541 g/mol. The number of piperidine rings is 2. The van der Waals surface area contributed by atoms with Gasteiger partial charge in [0.15, 0.2) is 0 Å². The van der Waals surface area contributed by atoms with Crippen molar-refractivity contribution in [1.82, 2.24) is 15.1 Å². The van der Waals surface area contributed by atoms with Crippen molar-refractivity contribution in [2.75, 3.05) is 26.3 Å². The Morgan fingerprint density at radius 1 is 1.23 bits per heavy atom. The first-order valence-electron chi connectivity index (χ1n) is 14.4. The van der Waals surface area contributed by atoms with Crippen LogP contribution in [-0.2, 0) is 20.7 Å². The number of halogens is 1. The van der Waals surface area contributed by atoms with E-state index in [1.807, 2.05) is 6.07 Å². The Balaban J connectivity index is 1.22. The van der Waals surface area contributed by atoms with Gasteiger partial charge >= 0.3 is 6.09 Å². The molecule has 9 heteroatoms. The fraction of sp³-hybridized carbons (Fsp3) is 0.700. The molecular weight excluding hydrogens is 499 g/mol. The second-order valence-electron chi connectivity index (χ2n) is 12.7. The Morgan fingerprint density at radius 2 is 2.05 bits per heavy atom. The monoisotopic (exact) mass is 540 g/mol. The van der Waals surface area contributed by atoms with Gasteiger partial charge in [0.2, 0.25) is 5.91 Å². The topological polar surface area (TPSA) is 94.9 Å². The fourth-order valence-corrected chi connectivity index (χ4v) is 6.91. The molecule has 0 spiro atoms. The van der Waals surface area contributed by atoms with Crippen molar-refractivity contribution in [1.29, 1.82) is 5.26 Å². The van der Waals surface area contributed by atoms with Crippen molar-refractivity contribution >= 4 is 12.0 Å². The quantitative estimate of drug-likeness (QED) is 0.583. The minimum Gasteiger partial charge on any atom is -0.444 e. The molecule has 1 aromatic rings. The summed E-state index contributed by atoms with van der Waals surface area (Å²) in [6.07, 6.45) is 5.20. The molecular formula is C30H41FN4O4. The van der Waals surface area contributed by atoms with Gasteiger partial charge in [0.25, 0.3) is 0 Å². The number of rotatable bonds is 6. The third kappa shape index (κ3) is 6.22. The highest BCUT2D eigenvalue weighted by atomic mass is 19.1. The van der Waals surface area contributed by atoms with E-state index in [0.717, 1.165) is 70.4 Å². The SMILES string of the molecule is CC(C)(C)OC(=O)N1[C@@H]2CC[C@@H](C2)[C@H]1C(=O)N[C@H](C#N)Cc1ccc(C2CCCN(C3CCOC3)C2)cc1F. The molecule has 2 amide bonds. The Bertz CT molecular complexity index is 1110. The van der Waals surface area contributed by atoms with E-state index in [9.17, 15) is 14.9 Å². The van der Waals surface area contributed by atoms with Crippen molar-refractivity contribution in [3.8, 4) is 6.07 Å². The molecule has 0 aromatic heterocycles. The number of carbonyl (C=O) groups excluding carboxylic acids is 2. The normalized spacial score (nSPS) is 29.7. The standard InChI is InChI=1S/C30H41FN4O4/c1-30(2,3)39-29(37)35-24-9-8-21(14-24)27(35)28(36)33-23(16-32)13-20-7-6-19(15-26(20)31)22-5-4-11-34(17-22)25-10-12-38-18-25/h6-7,15,21-25,27H,4-5,8-14,17-18H2,1-3H3,(H,33,36)/t21-,22?,23-,24+,25?,27-/m0/s1. The largest absolute Gasteiger partial charge is 0.444 e. The van der Waals surface area contributed by atoms with E-state index in [2.05, 4.69) is 16.3 Å². The summed E-state index contributed by atoms with van der Waals surface area (Å²) in [4.78, 5) is 30.3. The molecule has 1 aliphatic carbocycles. The molecule has 4 fully saturated rings. The predicted octanol–water partition coefficient (Wildman–Crippen LogP) is 4.13. The summed E-state index contributed by atoms with van der Waals surface area (Å²) in [5, 5.41) is 12.6. The van der Waals surface area contributed by atoms with Crippen molar-refractivity contribution in [3.05, 3.63) is 35.1 Å². The number of nitrogens with one attached hydrogen (secondary N) is 1. The van der Waals surface area contributed by atoms with Crippen LogP contribution in [0, 0.1) is 23.1 Å². The molecule has 2 bridgehead atoms. The highest BCUT2D eigenvalue weighted by Crippen LogP contribution is 2.43. The van der Waals surface area contributed by atoms with E-state index < -0.39 is 23.8 Å². The molecule has 1 aromatic carbocycles. The van der Waals surface area contributed by atoms with Crippen LogP contribution in [0.1, 0.15) is 76.3 Å². The lowest BCUT2D eigenvalue weighted by atomic mass is 9.88. The molecule has 2 unspecified atom stereocenters. The summed E-state index contributed by atoms with van der Waals surface area (Å²) in [7, 11) is 0. The number of fused-ring (bicyclic) bond motifs is 2. The number of carbonyl (C=O) groups is 2. The number of hydrogen-bond donors (Lipinski definition) is 1. The average Bonchev–Trinajstić information content (AvgIpc) is 3.66. The molecule has 212 valence electrons. The van der Waals surface area contributed by atoms with Gasteiger partial charge in [-0.1, -0.05) is 12.1 Å². The second kappa shape index (κ2) is 11.4. The first kappa shape index (κ1) is 27.9. The molecule has 3 aliphatic heterocycles. The zero-order chi connectivity index (χ0) is 27.7. The predicted molar refractivity (Wildman–Crippen MR) is 143 cm³/mol. The Morgan fingerprint density at radius 3 is 2.74 bits per heavy atom. The first-order valence-corrected chi connectivity index (χ1v) is 14.4. The maximum atomic E-state index is 15.3. The minimum atomic E-state index is -0.898. The zero-order valence-corrected chi connectivity index (χ0v) is 23.3. The zero-order valence-electron chi connectivity index (χ0n) is 23.3. The van der Waals surface area contributed by atoms with Gasteiger partial charge in [0.05, 0.1) is 12.7 Å². The second-order valence-corrected chi connectivity index (χ2v) is 12.7. The van der Waals surface area contributed by atoms with Gasteiger partial charge in [-0.3, -0.25) is 14.6 Å². The van der Waals surface area contributed by atoms with Gasteiger partial charge in [0, 0.05) is 31.7 Å². The van der Waals surface area contributed by atoms with Crippen LogP contribution in [0.2, 0.25) is 0 Å². The van der Waals surface area contributed by atoms with E-state index >= 15 is 4.39 Å².